The molecule has 1 unspecified atom stereocenters. The Labute approximate surface area is 152 Å². The number of nitriles is 1. The molecule has 4 rings (SSSR count). The number of benzene rings is 2. The molecule has 2 aromatic rings. The van der Waals surface area contributed by atoms with Crippen LogP contribution in [-0.4, -0.2) is 37.5 Å². The Morgan fingerprint density at radius 1 is 1.19 bits per heavy atom. The van der Waals surface area contributed by atoms with Gasteiger partial charge in [-0.15, -0.1) is 0 Å². The van der Waals surface area contributed by atoms with Crippen molar-refractivity contribution in [2.75, 3.05) is 31.4 Å². The molecule has 2 N–H and O–H groups in total. The van der Waals surface area contributed by atoms with Gasteiger partial charge < -0.3 is 19.6 Å². The quantitative estimate of drug-likeness (QED) is 0.881. The van der Waals surface area contributed by atoms with Crippen LogP contribution in [0.1, 0.15) is 18.4 Å². The van der Waals surface area contributed by atoms with Gasteiger partial charge in [-0.2, -0.15) is 5.26 Å². The summed E-state index contributed by atoms with van der Waals surface area (Å²) in [6.07, 6.45) is 1.62. The summed E-state index contributed by atoms with van der Waals surface area (Å²) in [5.41, 5.74) is 6.57. The van der Waals surface area contributed by atoms with Crippen LogP contribution < -0.4 is 19.9 Å². The standard InChI is InChI=1S/C20H21N3O3/c21-13-17-16(14-4-5-19-20(12-14)26-11-10-25-19)2-1-3-18(17)23-15(7-9-24)6-8-22-23/h1-5,12,15,22,24H,6-11H2. The zero-order valence-corrected chi connectivity index (χ0v) is 14.4. The molecule has 1 fully saturated rings. The fourth-order valence-electron chi connectivity index (χ4n) is 3.62. The van der Waals surface area contributed by atoms with E-state index in [9.17, 15) is 10.4 Å². The fraction of sp³-hybridized carbons (Fsp3) is 0.350. The fourth-order valence-corrected chi connectivity index (χ4v) is 3.62. The number of hydrazine groups is 1. The second-order valence-corrected chi connectivity index (χ2v) is 6.40. The van der Waals surface area contributed by atoms with Gasteiger partial charge in [0.25, 0.3) is 0 Å². The molecule has 0 bridgehead atoms. The first-order valence-electron chi connectivity index (χ1n) is 8.88. The lowest BCUT2D eigenvalue weighted by Crippen LogP contribution is -2.38. The lowest BCUT2D eigenvalue weighted by atomic mass is 9.97. The Morgan fingerprint density at radius 3 is 2.85 bits per heavy atom. The SMILES string of the molecule is N#Cc1c(-c2ccc3c(c2)OCCO3)cccc1N1NCCC1CCO. The van der Waals surface area contributed by atoms with E-state index in [1.54, 1.807) is 0 Å². The van der Waals surface area contributed by atoms with E-state index in [0.717, 1.165) is 35.5 Å². The zero-order chi connectivity index (χ0) is 17.9. The number of nitrogens with one attached hydrogen (secondary N) is 1. The molecule has 0 aliphatic carbocycles. The number of anilines is 1. The maximum Gasteiger partial charge on any atom is 0.161 e. The third-order valence-corrected chi connectivity index (χ3v) is 4.85. The topological polar surface area (TPSA) is 77.8 Å². The average molecular weight is 351 g/mol. The van der Waals surface area contributed by atoms with Crippen LogP contribution in [0.25, 0.3) is 11.1 Å². The molecule has 0 amide bonds. The summed E-state index contributed by atoms with van der Waals surface area (Å²) in [5.74, 6) is 1.44. The summed E-state index contributed by atoms with van der Waals surface area (Å²) >= 11 is 0. The molecule has 0 radical (unpaired) electrons. The minimum absolute atomic E-state index is 0.132. The Bertz CT molecular complexity index is 847. The molecule has 2 heterocycles. The summed E-state index contributed by atoms with van der Waals surface area (Å²) in [7, 11) is 0. The van der Waals surface area contributed by atoms with Gasteiger partial charge in [-0.05, 0) is 36.6 Å². The van der Waals surface area contributed by atoms with Crippen molar-refractivity contribution in [1.29, 1.82) is 5.26 Å². The van der Waals surface area contributed by atoms with E-state index in [-0.39, 0.29) is 12.6 Å². The van der Waals surface area contributed by atoms with Gasteiger partial charge in [-0.3, -0.25) is 0 Å². The predicted octanol–water partition coefficient (Wildman–Crippen LogP) is 2.46. The molecule has 0 saturated carbocycles. The van der Waals surface area contributed by atoms with Crippen molar-refractivity contribution in [3.05, 3.63) is 42.0 Å². The number of aliphatic hydroxyl groups excluding tert-OH is 1. The molecule has 2 aliphatic rings. The normalized spacial score (nSPS) is 18.6. The average Bonchev–Trinajstić information content (AvgIpc) is 3.15. The first-order valence-corrected chi connectivity index (χ1v) is 8.88. The summed E-state index contributed by atoms with van der Waals surface area (Å²) in [4.78, 5) is 0. The third kappa shape index (κ3) is 2.96. The molecule has 0 spiro atoms. The van der Waals surface area contributed by atoms with Crippen molar-refractivity contribution < 1.29 is 14.6 Å². The van der Waals surface area contributed by atoms with Crippen LogP contribution in [-0.2, 0) is 0 Å². The van der Waals surface area contributed by atoms with Gasteiger partial charge in [0.05, 0.1) is 11.3 Å². The molecule has 134 valence electrons. The summed E-state index contributed by atoms with van der Waals surface area (Å²) in [6.45, 7) is 2.05. The molecular weight excluding hydrogens is 330 g/mol. The minimum Gasteiger partial charge on any atom is -0.486 e. The second-order valence-electron chi connectivity index (χ2n) is 6.40. The largest absolute Gasteiger partial charge is 0.486 e. The van der Waals surface area contributed by atoms with Crippen LogP contribution in [0.4, 0.5) is 5.69 Å². The molecule has 1 atom stereocenters. The van der Waals surface area contributed by atoms with Crippen molar-refractivity contribution in [3.8, 4) is 28.7 Å². The maximum atomic E-state index is 9.87. The first-order chi connectivity index (χ1) is 12.8. The van der Waals surface area contributed by atoms with E-state index < -0.39 is 0 Å². The van der Waals surface area contributed by atoms with Crippen molar-refractivity contribution in [3.63, 3.8) is 0 Å². The van der Waals surface area contributed by atoms with Gasteiger partial charge in [-0.1, -0.05) is 18.2 Å². The highest BCUT2D eigenvalue weighted by molar-refractivity contribution is 5.79. The summed E-state index contributed by atoms with van der Waals surface area (Å²) in [6, 6.07) is 14.2. The van der Waals surface area contributed by atoms with E-state index in [1.807, 2.05) is 41.4 Å². The van der Waals surface area contributed by atoms with Gasteiger partial charge in [-0.25, -0.2) is 5.43 Å². The van der Waals surface area contributed by atoms with Crippen LogP contribution in [0.15, 0.2) is 36.4 Å². The molecule has 6 heteroatoms. The van der Waals surface area contributed by atoms with Crippen molar-refractivity contribution in [1.82, 2.24) is 5.43 Å². The van der Waals surface area contributed by atoms with E-state index in [4.69, 9.17) is 9.47 Å². The highest BCUT2D eigenvalue weighted by Gasteiger charge is 2.27. The van der Waals surface area contributed by atoms with E-state index >= 15 is 0 Å². The van der Waals surface area contributed by atoms with Crippen molar-refractivity contribution in [2.24, 2.45) is 0 Å². The molecule has 0 aromatic heterocycles. The number of nitrogens with zero attached hydrogens (tertiary/aromatic N) is 2. The lowest BCUT2D eigenvalue weighted by molar-refractivity contribution is 0.171. The van der Waals surface area contributed by atoms with E-state index in [1.165, 1.54) is 0 Å². The number of ether oxygens (including phenoxy) is 2. The van der Waals surface area contributed by atoms with Crippen LogP contribution in [0.2, 0.25) is 0 Å². The zero-order valence-electron chi connectivity index (χ0n) is 14.4. The molecule has 2 aliphatic heterocycles. The third-order valence-electron chi connectivity index (χ3n) is 4.85. The maximum absolute atomic E-state index is 9.87. The monoisotopic (exact) mass is 351 g/mol. The number of hydrogen-bond donors (Lipinski definition) is 2. The van der Waals surface area contributed by atoms with Crippen molar-refractivity contribution >= 4 is 5.69 Å². The highest BCUT2D eigenvalue weighted by atomic mass is 16.6. The lowest BCUT2D eigenvalue weighted by Gasteiger charge is -2.27. The number of aliphatic hydroxyl groups is 1. The van der Waals surface area contributed by atoms with Gasteiger partial charge in [0.1, 0.15) is 19.3 Å². The van der Waals surface area contributed by atoms with Gasteiger partial charge in [0.15, 0.2) is 11.5 Å². The summed E-state index contributed by atoms with van der Waals surface area (Å²) in [5, 5.41) is 21.2. The molecule has 26 heavy (non-hydrogen) atoms. The second kappa shape index (κ2) is 7.24. The Hall–Kier alpha value is -2.75. The molecular formula is C20H21N3O3. The van der Waals surface area contributed by atoms with E-state index in [0.29, 0.717) is 30.9 Å². The molecule has 1 saturated heterocycles. The smallest absolute Gasteiger partial charge is 0.161 e. The van der Waals surface area contributed by atoms with Crippen LogP contribution in [0.5, 0.6) is 11.5 Å². The van der Waals surface area contributed by atoms with Crippen LogP contribution in [0.3, 0.4) is 0 Å². The highest BCUT2D eigenvalue weighted by Crippen LogP contribution is 2.38. The minimum atomic E-state index is 0.132. The number of hydrogen-bond acceptors (Lipinski definition) is 6. The van der Waals surface area contributed by atoms with Crippen LogP contribution >= 0.6 is 0 Å². The Kier molecular flexibility index (Phi) is 4.65. The van der Waals surface area contributed by atoms with E-state index in [2.05, 4.69) is 11.5 Å². The van der Waals surface area contributed by atoms with Gasteiger partial charge in [0.2, 0.25) is 0 Å². The number of rotatable bonds is 4. The van der Waals surface area contributed by atoms with Gasteiger partial charge in [0, 0.05) is 24.8 Å². The molecule has 6 nitrogen and oxygen atoms in total. The molecule has 2 aromatic carbocycles. The number of fused-ring (bicyclic) bond motifs is 1. The summed E-state index contributed by atoms with van der Waals surface area (Å²) < 4.78 is 11.3. The Morgan fingerprint density at radius 2 is 2.04 bits per heavy atom. The van der Waals surface area contributed by atoms with Crippen LogP contribution in [0, 0.1) is 11.3 Å². The van der Waals surface area contributed by atoms with Gasteiger partial charge >= 0.3 is 0 Å². The Balaban J connectivity index is 1.75. The predicted molar refractivity (Wildman–Crippen MR) is 98.2 cm³/mol. The first kappa shape index (κ1) is 16.7. The van der Waals surface area contributed by atoms with Crippen molar-refractivity contribution in [2.45, 2.75) is 18.9 Å².